The molecule has 5 rings (SSSR count). The molecule has 13 heteroatoms. The van der Waals surface area contributed by atoms with E-state index in [0.29, 0.717) is 46.6 Å². The van der Waals surface area contributed by atoms with E-state index < -0.39 is 17.8 Å². The zero-order chi connectivity index (χ0) is 32.2. The molecule has 4 aromatic carbocycles. The van der Waals surface area contributed by atoms with Crippen LogP contribution in [0.2, 0.25) is 10.0 Å². The molecule has 0 saturated heterocycles. The second kappa shape index (κ2) is 13.9. The number of halogens is 4. The van der Waals surface area contributed by atoms with Crippen molar-refractivity contribution < 1.29 is 28.6 Å². The van der Waals surface area contributed by atoms with Gasteiger partial charge in [0, 0.05) is 49.0 Å². The molecular weight excluding hydrogens is 753 g/mol. The topological polar surface area (TPSA) is 119 Å². The van der Waals surface area contributed by atoms with Gasteiger partial charge in [-0.1, -0.05) is 57.3 Å². The molecule has 228 valence electrons. The number of hydrogen-bond acceptors (Lipinski definition) is 7. The molecule has 5 aromatic rings. The van der Waals surface area contributed by atoms with E-state index in [1.165, 1.54) is 38.4 Å². The number of rotatable bonds is 8. The predicted molar refractivity (Wildman–Crippen MR) is 180 cm³/mol. The molecule has 0 unspecified atom stereocenters. The van der Waals surface area contributed by atoms with E-state index in [0.717, 1.165) is 0 Å². The second-order valence-electron chi connectivity index (χ2n) is 9.40. The molecule has 1 amide bonds. The van der Waals surface area contributed by atoms with Crippen molar-refractivity contribution in [3.8, 4) is 28.4 Å². The van der Waals surface area contributed by atoms with Crippen molar-refractivity contribution in [3.05, 3.63) is 109 Å². The number of aromatic amines is 1. The largest absolute Gasteiger partial charge is 0.493 e. The molecule has 0 aliphatic heterocycles. The molecule has 45 heavy (non-hydrogen) atoms. The van der Waals surface area contributed by atoms with Crippen LogP contribution < -0.4 is 19.6 Å². The number of aromatic nitrogens is 1. The third kappa shape index (κ3) is 7.23. The van der Waals surface area contributed by atoms with Gasteiger partial charge in [0.25, 0.3) is 5.91 Å². The number of nitrogens with one attached hydrogen (secondary N) is 2. The van der Waals surface area contributed by atoms with Gasteiger partial charge in [0.2, 0.25) is 0 Å². The maximum absolute atomic E-state index is 13.5. The van der Waals surface area contributed by atoms with Gasteiger partial charge in [-0.2, -0.15) is 5.10 Å². The number of ether oxygens (including phenoxy) is 3. The molecule has 0 spiro atoms. The van der Waals surface area contributed by atoms with E-state index in [9.17, 15) is 14.4 Å². The number of methoxy groups -OCH3 is 1. The van der Waals surface area contributed by atoms with Gasteiger partial charge in [-0.25, -0.2) is 10.2 Å². The minimum absolute atomic E-state index is 0.139. The van der Waals surface area contributed by atoms with Gasteiger partial charge in [0.1, 0.15) is 5.69 Å². The summed E-state index contributed by atoms with van der Waals surface area (Å²) in [5.41, 5.74) is 5.16. The summed E-state index contributed by atoms with van der Waals surface area (Å²) in [4.78, 5) is 41.1. The number of hydrogen-bond donors (Lipinski definition) is 2. The summed E-state index contributed by atoms with van der Waals surface area (Å²) in [6, 6.07) is 20.0. The number of esters is 2. The van der Waals surface area contributed by atoms with Crippen molar-refractivity contribution in [3.63, 3.8) is 0 Å². The van der Waals surface area contributed by atoms with E-state index in [1.807, 2.05) is 12.1 Å². The van der Waals surface area contributed by atoms with Crippen LogP contribution in [0, 0.1) is 0 Å². The number of H-pyrrole nitrogens is 1. The highest BCUT2D eigenvalue weighted by Gasteiger charge is 2.22. The fourth-order valence-corrected chi connectivity index (χ4v) is 6.21. The number of carbonyl (C=O) groups excluding carboxylic acids is 3. The normalized spacial score (nSPS) is 11.1. The molecule has 0 fully saturated rings. The Bertz CT molecular complexity index is 2010. The van der Waals surface area contributed by atoms with E-state index in [1.54, 1.807) is 42.5 Å². The van der Waals surface area contributed by atoms with E-state index in [-0.39, 0.29) is 28.5 Å². The molecule has 9 nitrogen and oxygen atoms in total. The second-order valence-corrected chi connectivity index (χ2v) is 12.0. The first-order valence-corrected chi connectivity index (χ1v) is 15.4. The van der Waals surface area contributed by atoms with E-state index in [4.69, 9.17) is 37.4 Å². The monoisotopic (exact) mass is 771 g/mol. The van der Waals surface area contributed by atoms with Crippen LogP contribution in [-0.4, -0.2) is 36.2 Å². The van der Waals surface area contributed by atoms with Crippen LogP contribution in [-0.2, 0) is 4.79 Å². The third-order valence-electron chi connectivity index (χ3n) is 6.39. The highest BCUT2D eigenvalue weighted by atomic mass is 79.9. The van der Waals surface area contributed by atoms with Crippen molar-refractivity contribution in [2.45, 2.75) is 6.92 Å². The molecule has 1 aromatic heterocycles. The number of fused-ring (bicyclic) bond motifs is 1. The Labute approximate surface area is 283 Å². The minimum Gasteiger partial charge on any atom is -0.493 e. The Hall–Kier alpha value is -4.16. The maximum atomic E-state index is 13.5. The van der Waals surface area contributed by atoms with Crippen LogP contribution in [0.3, 0.4) is 0 Å². The standard InChI is InChI=1S/C32H21Br2Cl2N3O6/c1-16(40)44-26-10-7-17(12-27(26)43-2)32(42)45-30-18(11-19(33)13-23(30)34)15-37-39-31(41)29-28(21-5-3-4-6-24(21)36)22-14-20(35)8-9-25(22)38-29/h3-15,38H,1-2H3,(H,39,41). The van der Waals surface area contributed by atoms with Gasteiger partial charge in [-0.3, -0.25) is 9.59 Å². The Morgan fingerprint density at radius 3 is 2.44 bits per heavy atom. The SMILES string of the molecule is COc1cc(C(=O)Oc2c(Br)cc(Br)cc2C=NNC(=O)c2[nH]c3ccc(Cl)cc3c2-c2ccccc2Cl)ccc1OC(C)=O. The number of amides is 1. The highest BCUT2D eigenvalue weighted by Crippen LogP contribution is 2.38. The molecule has 0 aliphatic carbocycles. The Morgan fingerprint density at radius 1 is 0.933 bits per heavy atom. The summed E-state index contributed by atoms with van der Waals surface area (Å²) < 4.78 is 17.2. The maximum Gasteiger partial charge on any atom is 0.343 e. The lowest BCUT2D eigenvalue weighted by Crippen LogP contribution is -2.19. The van der Waals surface area contributed by atoms with Gasteiger partial charge in [0.15, 0.2) is 17.2 Å². The van der Waals surface area contributed by atoms with Gasteiger partial charge < -0.3 is 19.2 Å². The van der Waals surface area contributed by atoms with Crippen molar-refractivity contribution in [1.82, 2.24) is 10.4 Å². The van der Waals surface area contributed by atoms with Gasteiger partial charge in [0.05, 0.1) is 23.4 Å². The molecular formula is C32H21Br2Cl2N3O6. The van der Waals surface area contributed by atoms with Crippen molar-refractivity contribution in [1.29, 1.82) is 0 Å². The first kappa shape index (κ1) is 32.2. The van der Waals surface area contributed by atoms with Crippen molar-refractivity contribution in [2.75, 3.05) is 7.11 Å². The van der Waals surface area contributed by atoms with Crippen LogP contribution in [0.5, 0.6) is 17.2 Å². The summed E-state index contributed by atoms with van der Waals surface area (Å²) in [7, 11) is 1.38. The van der Waals surface area contributed by atoms with Gasteiger partial charge in [-0.05, 0) is 70.5 Å². The molecule has 0 atom stereocenters. The summed E-state index contributed by atoms with van der Waals surface area (Å²) >= 11 is 19.6. The van der Waals surface area contributed by atoms with Crippen LogP contribution in [0.1, 0.15) is 33.3 Å². The van der Waals surface area contributed by atoms with Gasteiger partial charge >= 0.3 is 11.9 Å². The van der Waals surface area contributed by atoms with Crippen LogP contribution in [0.4, 0.5) is 0 Å². The average molecular weight is 774 g/mol. The first-order valence-electron chi connectivity index (χ1n) is 13.0. The van der Waals surface area contributed by atoms with E-state index in [2.05, 4.69) is 47.4 Å². The fraction of sp³-hybridized carbons (Fsp3) is 0.0625. The lowest BCUT2D eigenvalue weighted by atomic mass is 10.0. The molecule has 0 bridgehead atoms. The average Bonchev–Trinajstić information content (AvgIpc) is 3.37. The Kier molecular flexibility index (Phi) is 9.93. The number of hydrazone groups is 1. The minimum atomic E-state index is -0.717. The first-order chi connectivity index (χ1) is 21.5. The van der Waals surface area contributed by atoms with Crippen molar-refractivity contribution >= 4 is 90.0 Å². The lowest BCUT2D eigenvalue weighted by molar-refractivity contribution is -0.132. The molecule has 2 N–H and O–H groups in total. The van der Waals surface area contributed by atoms with Gasteiger partial charge in [-0.15, -0.1) is 0 Å². The summed E-state index contributed by atoms with van der Waals surface area (Å²) in [5, 5.41) is 5.82. The quantitative estimate of drug-likeness (QED) is 0.0706. The Balaban J connectivity index is 1.43. The smallest absolute Gasteiger partial charge is 0.343 e. The van der Waals surface area contributed by atoms with Crippen LogP contribution in [0.25, 0.3) is 22.0 Å². The molecule has 0 aliphatic rings. The number of benzene rings is 4. The summed E-state index contributed by atoms with van der Waals surface area (Å²) in [6.07, 6.45) is 1.34. The lowest BCUT2D eigenvalue weighted by Gasteiger charge is -2.12. The van der Waals surface area contributed by atoms with Crippen molar-refractivity contribution in [2.24, 2.45) is 5.10 Å². The zero-order valence-corrected chi connectivity index (χ0v) is 28.1. The number of carbonyl (C=O) groups is 3. The van der Waals surface area contributed by atoms with Crippen LogP contribution >= 0.6 is 55.1 Å². The molecule has 0 radical (unpaired) electrons. The summed E-state index contributed by atoms with van der Waals surface area (Å²) in [6.45, 7) is 1.26. The van der Waals surface area contributed by atoms with Crippen LogP contribution in [0.15, 0.2) is 86.8 Å². The third-order valence-corrected chi connectivity index (χ3v) is 8.00. The fourth-order valence-electron chi connectivity index (χ4n) is 4.46. The highest BCUT2D eigenvalue weighted by molar-refractivity contribution is 9.11. The molecule has 1 heterocycles. The molecule has 0 saturated carbocycles. The number of nitrogens with zero attached hydrogens (tertiary/aromatic N) is 1. The summed E-state index contributed by atoms with van der Waals surface area (Å²) in [5.74, 6) is -1.32. The zero-order valence-electron chi connectivity index (χ0n) is 23.4. The van der Waals surface area contributed by atoms with E-state index >= 15 is 0 Å². The Morgan fingerprint density at radius 2 is 1.71 bits per heavy atom. The predicted octanol–water partition coefficient (Wildman–Crippen LogP) is 8.58.